The zero-order valence-corrected chi connectivity index (χ0v) is 13.5. The lowest BCUT2D eigenvalue weighted by atomic mass is 9.99. The molecule has 1 saturated carbocycles. The fourth-order valence-corrected chi connectivity index (χ4v) is 3.08. The van der Waals surface area contributed by atoms with E-state index in [0.717, 1.165) is 16.6 Å². The van der Waals surface area contributed by atoms with Crippen LogP contribution in [0.15, 0.2) is 42.6 Å². The molecular weight excluding hydrogens is 299 g/mol. The average molecular weight is 319 g/mol. The molecular formula is C18H20ClFN2. The van der Waals surface area contributed by atoms with Crippen molar-refractivity contribution >= 4 is 11.6 Å². The Morgan fingerprint density at radius 2 is 1.91 bits per heavy atom. The number of aromatic nitrogens is 1. The van der Waals surface area contributed by atoms with Crippen molar-refractivity contribution in [3.63, 3.8) is 0 Å². The molecule has 0 unspecified atom stereocenters. The quantitative estimate of drug-likeness (QED) is 0.846. The molecule has 1 N–H and O–H groups in total. The minimum Gasteiger partial charge on any atom is -0.302 e. The highest BCUT2D eigenvalue weighted by molar-refractivity contribution is 6.30. The summed E-state index contributed by atoms with van der Waals surface area (Å²) in [6.45, 7) is 4.34. The Morgan fingerprint density at radius 3 is 2.45 bits per heavy atom. The third-order valence-corrected chi connectivity index (χ3v) is 4.70. The summed E-state index contributed by atoms with van der Waals surface area (Å²) in [6.07, 6.45) is 2.49. The predicted octanol–water partition coefficient (Wildman–Crippen LogP) is 4.92. The first kappa shape index (κ1) is 15.4. The Hall–Kier alpha value is -1.45. The van der Waals surface area contributed by atoms with Gasteiger partial charge >= 0.3 is 0 Å². The first-order valence-electron chi connectivity index (χ1n) is 7.67. The summed E-state index contributed by atoms with van der Waals surface area (Å²) < 4.78 is 13.0. The molecule has 1 aromatic heterocycles. The van der Waals surface area contributed by atoms with E-state index in [-0.39, 0.29) is 17.9 Å². The van der Waals surface area contributed by atoms with Crippen LogP contribution in [0.3, 0.4) is 0 Å². The van der Waals surface area contributed by atoms with Gasteiger partial charge in [0.1, 0.15) is 5.82 Å². The standard InChI is InChI=1S/C18H20ClFN2/c1-11-9-16(11)18(13-3-5-14(19)6-4-13)22-12(2)17-8-7-15(20)10-21-17/h3-8,10-12,16,18,22H,9H2,1-2H3/t11-,12-,16+,18+/m0/s1. The van der Waals surface area contributed by atoms with E-state index < -0.39 is 0 Å². The predicted molar refractivity (Wildman–Crippen MR) is 87.2 cm³/mol. The van der Waals surface area contributed by atoms with E-state index >= 15 is 0 Å². The van der Waals surface area contributed by atoms with Crippen molar-refractivity contribution in [2.45, 2.75) is 32.4 Å². The van der Waals surface area contributed by atoms with Gasteiger partial charge in [-0.3, -0.25) is 4.98 Å². The van der Waals surface area contributed by atoms with Crippen molar-refractivity contribution in [2.24, 2.45) is 11.8 Å². The molecule has 2 nitrogen and oxygen atoms in total. The van der Waals surface area contributed by atoms with Gasteiger partial charge < -0.3 is 5.32 Å². The third-order valence-electron chi connectivity index (χ3n) is 4.45. The van der Waals surface area contributed by atoms with E-state index in [2.05, 4.69) is 36.3 Å². The van der Waals surface area contributed by atoms with E-state index in [1.807, 2.05) is 12.1 Å². The van der Waals surface area contributed by atoms with Crippen molar-refractivity contribution < 1.29 is 4.39 Å². The topological polar surface area (TPSA) is 24.9 Å². The molecule has 0 radical (unpaired) electrons. The molecule has 1 fully saturated rings. The van der Waals surface area contributed by atoms with Gasteiger partial charge in [0.2, 0.25) is 0 Å². The van der Waals surface area contributed by atoms with Crippen LogP contribution in [-0.4, -0.2) is 4.98 Å². The van der Waals surface area contributed by atoms with Gasteiger partial charge in [0.05, 0.1) is 11.9 Å². The van der Waals surface area contributed by atoms with Gasteiger partial charge in [-0.1, -0.05) is 30.7 Å². The lowest BCUT2D eigenvalue weighted by Crippen LogP contribution is -2.27. The number of benzene rings is 1. The number of pyridine rings is 1. The molecule has 22 heavy (non-hydrogen) atoms. The molecule has 4 heteroatoms. The van der Waals surface area contributed by atoms with Crippen LogP contribution in [0.5, 0.6) is 0 Å². The number of halogens is 2. The third kappa shape index (κ3) is 3.47. The molecule has 0 aliphatic heterocycles. The van der Waals surface area contributed by atoms with Crippen LogP contribution in [0.25, 0.3) is 0 Å². The van der Waals surface area contributed by atoms with E-state index in [1.54, 1.807) is 6.07 Å². The normalized spacial score (nSPS) is 23.1. The molecule has 0 saturated heterocycles. The summed E-state index contributed by atoms with van der Waals surface area (Å²) in [5.41, 5.74) is 2.10. The Bertz CT molecular complexity index is 627. The van der Waals surface area contributed by atoms with Crippen LogP contribution < -0.4 is 5.32 Å². The van der Waals surface area contributed by atoms with Crippen molar-refractivity contribution in [1.29, 1.82) is 0 Å². The van der Waals surface area contributed by atoms with Crippen LogP contribution >= 0.6 is 11.6 Å². The van der Waals surface area contributed by atoms with Gasteiger partial charge in [-0.25, -0.2) is 4.39 Å². The second-order valence-electron chi connectivity index (χ2n) is 6.20. The summed E-state index contributed by atoms with van der Waals surface area (Å²) in [5.74, 6) is 1.05. The molecule has 1 aliphatic carbocycles. The monoisotopic (exact) mass is 318 g/mol. The Labute approximate surface area is 135 Å². The molecule has 0 bridgehead atoms. The van der Waals surface area contributed by atoms with E-state index in [9.17, 15) is 4.39 Å². The van der Waals surface area contributed by atoms with E-state index in [0.29, 0.717) is 5.92 Å². The zero-order chi connectivity index (χ0) is 15.7. The Balaban J connectivity index is 1.78. The zero-order valence-electron chi connectivity index (χ0n) is 12.8. The summed E-state index contributed by atoms with van der Waals surface area (Å²) in [4.78, 5) is 4.18. The summed E-state index contributed by atoms with van der Waals surface area (Å²) in [6, 6.07) is 11.5. The van der Waals surface area contributed by atoms with Crippen LogP contribution in [0.2, 0.25) is 5.02 Å². The lowest BCUT2D eigenvalue weighted by molar-refractivity contribution is 0.409. The van der Waals surface area contributed by atoms with Gasteiger partial charge in [-0.15, -0.1) is 0 Å². The molecule has 0 spiro atoms. The molecule has 2 aromatic rings. The highest BCUT2D eigenvalue weighted by Crippen LogP contribution is 2.47. The minimum absolute atomic E-state index is 0.0640. The maximum Gasteiger partial charge on any atom is 0.141 e. The highest BCUT2D eigenvalue weighted by atomic mass is 35.5. The van der Waals surface area contributed by atoms with E-state index in [1.165, 1.54) is 24.2 Å². The van der Waals surface area contributed by atoms with Crippen LogP contribution in [0, 0.1) is 17.7 Å². The van der Waals surface area contributed by atoms with Crippen LogP contribution in [-0.2, 0) is 0 Å². The molecule has 1 heterocycles. The van der Waals surface area contributed by atoms with Gasteiger partial charge in [-0.05, 0) is 55.0 Å². The summed E-state index contributed by atoms with van der Waals surface area (Å²) in [5, 5.41) is 4.40. The fourth-order valence-electron chi connectivity index (χ4n) is 2.95. The van der Waals surface area contributed by atoms with Crippen molar-refractivity contribution in [2.75, 3.05) is 0 Å². The minimum atomic E-state index is -0.305. The molecule has 0 amide bonds. The SMILES string of the molecule is C[C@H](N[C@H](c1ccc(Cl)cc1)[C@@H]1C[C@@H]1C)c1ccc(F)cn1. The number of nitrogens with zero attached hydrogens (tertiary/aromatic N) is 1. The molecule has 4 atom stereocenters. The van der Waals surface area contributed by atoms with Gasteiger partial charge in [0.15, 0.2) is 0 Å². The van der Waals surface area contributed by atoms with Crippen molar-refractivity contribution in [3.8, 4) is 0 Å². The smallest absolute Gasteiger partial charge is 0.141 e. The number of hydrogen-bond acceptors (Lipinski definition) is 2. The van der Waals surface area contributed by atoms with Crippen molar-refractivity contribution in [1.82, 2.24) is 10.3 Å². The highest BCUT2D eigenvalue weighted by Gasteiger charge is 2.40. The second kappa shape index (κ2) is 6.35. The number of nitrogens with one attached hydrogen (secondary N) is 1. The van der Waals surface area contributed by atoms with Crippen LogP contribution in [0.4, 0.5) is 4.39 Å². The van der Waals surface area contributed by atoms with E-state index in [4.69, 9.17) is 11.6 Å². The molecule has 3 rings (SSSR count). The molecule has 116 valence electrons. The van der Waals surface area contributed by atoms with Gasteiger partial charge in [-0.2, -0.15) is 0 Å². The first-order chi connectivity index (χ1) is 10.5. The Morgan fingerprint density at radius 1 is 1.23 bits per heavy atom. The first-order valence-corrected chi connectivity index (χ1v) is 8.05. The Kier molecular flexibility index (Phi) is 4.46. The fraction of sp³-hybridized carbons (Fsp3) is 0.389. The van der Waals surface area contributed by atoms with Gasteiger partial charge in [0, 0.05) is 17.1 Å². The average Bonchev–Trinajstić information content (AvgIpc) is 3.23. The maximum absolute atomic E-state index is 13.0. The number of hydrogen-bond donors (Lipinski definition) is 1. The summed E-state index contributed by atoms with van der Waals surface area (Å²) in [7, 11) is 0. The molecule has 1 aliphatic rings. The summed E-state index contributed by atoms with van der Waals surface area (Å²) >= 11 is 5.99. The maximum atomic E-state index is 13.0. The van der Waals surface area contributed by atoms with Crippen LogP contribution in [0.1, 0.15) is 43.6 Å². The van der Waals surface area contributed by atoms with Gasteiger partial charge in [0.25, 0.3) is 0 Å². The lowest BCUT2D eigenvalue weighted by Gasteiger charge is -2.24. The largest absolute Gasteiger partial charge is 0.302 e. The van der Waals surface area contributed by atoms with Crippen molar-refractivity contribution in [3.05, 3.63) is 64.7 Å². The molecule has 1 aromatic carbocycles. The second-order valence-corrected chi connectivity index (χ2v) is 6.63. The number of rotatable bonds is 5.